The fraction of sp³-hybridized carbons (Fsp3) is 0.667. The van der Waals surface area contributed by atoms with E-state index < -0.39 is 0 Å². The lowest BCUT2D eigenvalue weighted by atomic mass is 10.5. The lowest BCUT2D eigenvalue weighted by Crippen LogP contribution is -1.98. The second-order valence-electron chi connectivity index (χ2n) is 1.45. The first kappa shape index (κ1) is 8.62. The van der Waals surface area contributed by atoms with E-state index in [0.717, 1.165) is 0 Å². The molecule has 0 saturated carbocycles. The van der Waals surface area contributed by atoms with Crippen LogP contribution < -0.4 is 0 Å². The van der Waals surface area contributed by atoms with Crippen molar-refractivity contribution in [1.82, 2.24) is 0 Å². The molecule has 0 atom stereocenters. The molecule has 0 unspecified atom stereocenters. The maximum atomic E-state index is 8.23. The van der Waals surface area contributed by atoms with Crippen LogP contribution in [0.3, 0.4) is 0 Å². The molecule has 0 aliphatic heterocycles. The SMILES string of the molecule is OCC=CCOCCO. The Morgan fingerprint density at radius 3 is 2.56 bits per heavy atom. The van der Waals surface area contributed by atoms with E-state index in [-0.39, 0.29) is 13.2 Å². The van der Waals surface area contributed by atoms with Gasteiger partial charge in [-0.05, 0) is 0 Å². The molecule has 9 heavy (non-hydrogen) atoms. The summed E-state index contributed by atoms with van der Waals surface area (Å²) in [4.78, 5) is 0. The number of aliphatic hydroxyl groups excluding tert-OH is 2. The third-order valence-corrected chi connectivity index (χ3v) is 0.722. The smallest absolute Gasteiger partial charge is 0.0701 e. The zero-order chi connectivity index (χ0) is 6.95. The van der Waals surface area contributed by atoms with Crippen LogP contribution in [0.25, 0.3) is 0 Å². The van der Waals surface area contributed by atoms with Crippen molar-refractivity contribution in [3.63, 3.8) is 0 Å². The molecule has 0 aromatic heterocycles. The van der Waals surface area contributed by atoms with Gasteiger partial charge in [-0.25, -0.2) is 0 Å². The molecule has 0 aromatic rings. The van der Waals surface area contributed by atoms with Gasteiger partial charge >= 0.3 is 0 Å². The summed E-state index contributed by atoms with van der Waals surface area (Å²) in [6.45, 7) is 0.909. The van der Waals surface area contributed by atoms with E-state index in [0.29, 0.717) is 13.2 Å². The average molecular weight is 132 g/mol. The highest BCUT2D eigenvalue weighted by Crippen LogP contribution is 1.75. The first-order chi connectivity index (χ1) is 4.41. The Bertz CT molecular complexity index is 70.7. The van der Waals surface area contributed by atoms with Crippen molar-refractivity contribution in [3.05, 3.63) is 12.2 Å². The monoisotopic (exact) mass is 132 g/mol. The Hall–Kier alpha value is -0.380. The molecule has 0 aliphatic rings. The first-order valence-electron chi connectivity index (χ1n) is 2.86. The van der Waals surface area contributed by atoms with E-state index in [4.69, 9.17) is 14.9 Å². The van der Waals surface area contributed by atoms with Gasteiger partial charge in [0.05, 0.1) is 26.4 Å². The van der Waals surface area contributed by atoms with Crippen molar-refractivity contribution in [1.29, 1.82) is 0 Å². The molecule has 0 spiro atoms. The van der Waals surface area contributed by atoms with Gasteiger partial charge in [-0.15, -0.1) is 0 Å². The van der Waals surface area contributed by atoms with Gasteiger partial charge < -0.3 is 14.9 Å². The first-order valence-corrected chi connectivity index (χ1v) is 2.86. The van der Waals surface area contributed by atoms with Crippen LogP contribution in [0.5, 0.6) is 0 Å². The summed E-state index contributed by atoms with van der Waals surface area (Å²) >= 11 is 0. The predicted octanol–water partition coefficient (Wildman–Crippen LogP) is -0.456. The predicted molar refractivity (Wildman–Crippen MR) is 34.1 cm³/mol. The van der Waals surface area contributed by atoms with Crippen LogP contribution in [0.2, 0.25) is 0 Å². The van der Waals surface area contributed by atoms with Crippen LogP contribution in [-0.4, -0.2) is 36.6 Å². The zero-order valence-electron chi connectivity index (χ0n) is 5.29. The van der Waals surface area contributed by atoms with Gasteiger partial charge in [0.2, 0.25) is 0 Å². The highest BCUT2D eigenvalue weighted by molar-refractivity contribution is 4.79. The van der Waals surface area contributed by atoms with Crippen LogP contribution in [0.4, 0.5) is 0 Å². The standard InChI is InChI=1S/C6H12O3/c7-3-1-2-5-9-6-4-8/h1-2,7-8H,3-6H2. The van der Waals surface area contributed by atoms with Crippen LogP contribution >= 0.6 is 0 Å². The Balaban J connectivity index is 2.82. The molecule has 0 aliphatic carbocycles. The summed E-state index contributed by atoms with van der Waals surface area (Å²) in [6, 6.07) is 0. The molecule has 0 bridgehead atoms. The molecular weight excluding hydrogens is 120 g/mol. The Morgan fingerprint density at radius 2 is 2.00 bits per heavy atom. The van der Waals surface area contributed by atoms with Gasteiger partial charge in [0.15, 0.2) is 0 Å². The number of ether oxygens (including phenoxy) is 1. The summed E-state index contributed by atoms with van der Waals surface area (Å²) in [6.07, 6.45) is 3.30. The quantitative estimate of drug-likeness (QED) is 0.393. The molecule has 3 nitrogen and oxygen atoms in total. The fourth-order valence-electron chi connectivity index (χ4n) is 0.359. The van der Waals surface area contributed by atoms with Gasteiger partial charge in [-0.1, -0.05) is 12.2 Å². The average Bonchev–Trinajstić information content (AvgIpc) is 1.89. The summed E-state index contributed by atoms with van der Waals surface area (Å²) in [5, 5.41) is 16.5. The van der Waals surface area contributed by atoms with Crippen molar-refractivity contribution in [3.8, 4) is 0 Å². The Labute approximate surface area is 54.6 Å². The van der Waals surface area contributed by atoms with E-state index in [1.165, 1.54) is 0 Å². The van der Waals surface area contributed by atoms with E-state index >= 15 is 0 Å². The highest BCUT2D eigenvalue weighted by atomic mass is 16.5. The molecule has 0 radical (unpaired) electrons. The minimum Gasteiger partial charge on any atom is -0.394 e. The lowest BCUT2D eigenvalue weighted by Gasteiger charge is -1.93. The van der Waals surface area contributed by atoms with Gasteiger partial charge in [0, 0.05) is 0 Å². The van der Waals surface area contributed by atoms with Crippen molar-refractivity contribution in [2.45, 2.75) is 0 Å². The maximum Gasteiger partial charge on any atom is 0.0701 e. The molecule has 0 saturated heterocycles. The molecule has 0 fully saturated rings. The van der Waals surface area contributed by atoms with Crippen molar-refractivity contribution < 1.29 is 14.9 Å². The molecule has 0 rings (SSSR count). The molecule has 0 aromatic carbocycles. The minimum absolute atomic E-state index is 0.0441. The topological polar surface area (TPSA) is 49.7 Å². The second kappa shape index (κ2) is 7.62. The molecule has 0 heterocycles. The van der Waals surface area contributed by atoms with Gasteiger partial charge in [-0.2, -0.15) is 0 Å². The van der Waals surface area contributed by atoms with Crippen molar-refractivity contribution in [2.24, 2.45) is 0 Å². The minimum atomic E-state index is 0.0441. The third kappa shape index (κ3) is 7.62. The van der Waals surface area contributed by atoms with Crippen LogP contribution in [0.15, 0.2) is 12.2 Å². The summed E-state index contributed by atoms with van der Waals surface area (Å²) in [5.74, 6) is 0. The largest absolute Gasteiger partial charge is 0.394 e. The van der Waals surface area contributed by atoms with Crippen LogP contribution in [0.1, 0.15) is 0 Å². The summed E-state index contributed by atoms with van der Waals surface area (Å²) < 4.78 is 4.84. The molecule has 3 heteroatoms. The number of hydrogen-bond donors (Lipinski definition) is 2. The van der Waals surface area contributed by atoms with E-state index in [1.54, 1.807) is 12.2 Å². The highest BCUT2D eigenvalue weighted by Gasteiger charge is 1.78. The van der Waals surface area contributed by atoms with Crippen LogP contribution in [-0.2, 0) is 4.74 Å². The third-order valence-electron chi connectivity index (χ3n) is 0.722. The van der Waals surface area contributed by atoms with Crippen LogP contribution in [0, 0.1) is 0 Å². The number of hydrogen-bond acceptors (Lipinski definition) is 3. The van der Waals surface area contributed by atoms with Crippen molar-refractivity contribution >= 4 is 0 Å². The Morgan fingerprint density at radius 1 is 1.22 bits per heavy atom. The fourth-order valence-corrected chi connectivity index (χ4v) is 0.359. The second-order valence-corrected chi connectivity index (χ2v) is 1.45. The molecule has 54 valence electrons. The molecular formula is C6H12O3. The Kier molecular flexibility index (Phi) is 7.30. The summed E-state index contributed by atoms with van der Waals surface area (Å²) in [7, 11) is 0. The van der Waals surface area contributed by atoms with E-state index in [9.17, 15) is 0 Å². The number of rotatable bonds is 5. The van der Waals surface area contributed by atoms with E-state index in [1.807, 2.05) is 0 Å². The maximum absolute atomic E-state index is 8.23. The van der Waals surface area contributed by atoms with Gasteiger partial charge in [-0.3, -0.25) is 0 Å². The number of aliphatic hydroxyl groups is 2. The van der Waals surface area contributed by atoms with E-state index in [2.05, 4.69) is 0 Å². The van der Waals surface area contributed by atoms with Gasteiger partial charge in [0.1, 0.15) is 0 Å². The normalized spacial score (nSPS) is 10.9. The van der Waals surface area contributed by atoms with Crippen molar-refractivity contribution in [2.75, 3.05) is 26.4 Å². The summed E-state index contributed by atoms with van der Waals surface area (Å²) in [5.41, 5.74) is 0. The van der Waals surface area contributed by atoms with Gasteiger partial charge in [0.25, 0.3) is 0 Å². The zero-order valence-corrected chi connectivity index (χ0v) is 5.29. The lowest BCUT2D eigenvalue weighted by molar-refractivity contribution is 0.111. The molecule has 0 amide bonds. The molecule has 2 N–H and O–H groups in total.